The fraction of sp³-hybridized carbons (Fsp3) is 0.375. The van der Waals surface area contributed by atoms with E-state index in [4.69, 9.17) is 9.47 Å². The van der Waals surface area contributed by atoms with Crippen molar-refractivity contribution in [2.45, 2.75) is 19.8 Å². The van der Waals surface area contributed by atoms with Crippen LogP contribution in [0.2, 0.25) is 0 Å². The number of nitriles is 1. The second-order valence-electron chi connectivity index (χ2n) is 8.01. The molecule has 34 heavy (non-hydrogen) atoms. The maximum Gasteiger partial charge on any atom is 0.232 e. The molecule has 0 spiro atoms. The average molecular weight is 483 g/mol. The monoisotopic (exact) mass is 482 g/mol. The van der Waals surface area contributed by atoms with Crippen molar-refractivity contribution in [1.82, 2.24) is 19.6 Å². The number of aromatic nitrogens is 2. The fourth-order valence-corrected chi connectivity index (χ4v) is 4.07. The van der Waals surface area contributed by atoms with Crippen molar-refractivity contribution >= 4 is 28.9 Å². The molecule has 1 aromatic heterocycles. The van der Waals surface area contributed by atoms with Gasteiger partial charge < -0.3 is 19.5 Å². The lowest BCUT2D eigenvalue weighted by molar-refractivity contribution is 0.209. The summed E-state index contributed by atoms with van der Waals surface area (Å²) >= 11 is 1.32. The van der Waals surface area contributed by atoms with Crippen molar-refractivity contribution < 1.29 is 13.9 Å². The van der Waals surface area contributed by atoms with Crippen molar-refractivity contribution in [3.63, 3.8) is 0 Å². The number of anilines is 1. The Hall–Kier alpha value is -3.13. The Kier molecular flexibility index (Phi) is 8.00. The van der Waals surface area contributed by atoms with Crippen LogP contribution in [0.4, 0.5) is 10.1 Å². The van der Waals surface area contributed by atoms with Crippen molar-refractivity contribution in [3.05, 3.63) is 47.9 Å². The number of piperidine rings is 1. The van der Waals surface area contributed by atoms with E-state index < -0.39 is 5.82 Å². The van der Waals surface area contributed by atoms with Crippen LogP contribution in [0.1, 0.15) is 25.3 Å². The Bertz CT molecular complexity index is 1180. The summed E-state index contributed by atoms with van der Waals surface area (Å²) in [5.41, 5.74) is 1.78. The van der Waals surface area contributed by atoms with E-state index in [0.717, 1.165) is 32.5 Å². The van der Waals surface area contributed by atoms with Crippen molar-refractivity contribution in [3.8, 4) is 23.4 Å². The van der Waals surface area contributed by atoms with Gasteiger partial charge in [-0.1, -0.05) is 6.92 Å². The number of ether oxygens (including phenoxy) is 2. The predicted octanol–water partition coefficient (Wildman–Crippen LogP) is 4.74. The van der Waals surface area contributed by atoms with E-state index in [1.807, 2.05) is 24.3 Å². The molecule has 10 heteroatoms. The Labute approximate surface area is 202 Å². The molecule has 0 unspecified atom stereocenters. The molecule has 1 aliphatic rings. The summed E-state index contributed by atoms with van der Waals surface area (Å²) in [4.78, 5) is 8.95. The van der Waals surface area contributed by atoms with Crippen LogP contribution in [0.15, 0.2) is 36.5 Å². The van der Waals surface area contributed by atoms with E-state index in [0.29, 0.717) is 40.9 Å². The van der Waals surface area contributed by atoms with Crippen LogP contribution in [0.25, 0.3) is 11.0 Å². The number of hydrogen-bond donors (Lipinski definition) is 2. The highest BCUT2D eigenvalue weighted by atomic mass is 32.2. The van der Waals surface area contributed by atoms with Gasteiger partial charge in [-0.2, -0.15) is 5.26 Å². The molecular weight excluding hydrogens is 455 g/mol. The molecule has 0 radical (unpaired) electrons. The van der Waals surface area contributed by atoms with Gasteiger partial charge in [0.2, 0.25) is 5.88 Å². The summed E-state index contributed by atoms with van der Waals surface area (Å²) in [6, 6.07) is 9.93. The van der Waals surface area contributed by atoms with E-state index >= 15 is 0 Å². The number of hydrogen-bond acceptors (Lipinski definition) is 9. The number of fused-ring (bicyclic) bond motifs is 1. The van der Waals surface area contributed by atoms with Gasteiger partial charge in [-0.25, -0.2) is 18.7 Å². The summed E-state index contributed by atoms with van der Waals surface area (Å²) in [7, 11) is 1.91. The molecule has 4 rings (SSSR count). The quantitative estimate of drug-likeness (QED) is 0.419. The second kappa shape index (κ2) is 11.3. The molecule has 8 nitrogen and oxygen atoms in total. The van der Waals surface area contributed by atoms with Crippen LogP contribution < -0.4 is 19.5 Å². The van der Waals surface area contributed by atoms with Crippen molar-refractivity contribution in [2.75, 3.05) is 38.0 Å². The lowest BCUT2D eigenvalue weighted by Gasteiger charge is -2.22. The van der Waals surface area contributed by atoms with Gasteiger partial charge in [0.1, 0.15) is 17.4 Å². The third kappa shape index (κ3) is 5.86. The Morgan fingerprint density at radius 1 is 1.26 bits per heavy atom. The highest BCUT2D eigenvalue weighted by Gasteiger charge is 2.18. The maximum atomic E-state index is 14.6. The first kappa shape index (κ1) is 24.0. The zero-order valence-corrected chi connectivity index (χ0v) is 20.0. The van der Waals surface area contributed by atoms with Crippen LogP contribution in [-0.4, -0.2) is 47.6 Å². The van der Waals surface area contributed by atoms with E-state index in [-0.39, 0.29) is 11.3 Å². The largest absolute Gasteiger partial charge is 0.476 e. The number of rotatable bonds is 9. The van der Waals surface area contributed by atoms with Gasteiger partial charge in [-0.15, -0.1) is 0 Å². The smallest absolute Gasteiger partial charge is 0.232 e. The number of nitrogens with one attached hydrogen (secondary N) is 2. The third-order valence-electron chi connectivity index (χ3n) is 5.62. The fourth-order valence-electron chi connectivity index (χ4n) is 3.52. The van der Waals surface area contributed by atoms with Crippen LogP contribution in [-0.2, 0) is 0 Å². The molecule has 2 N–H and O–H groups in total. The van der Waals surface area contributed by atoms with Crippen LogP contribution in [0.5, 0.6) is 17.4 Å². The van der Waals surface area contributed by atoms with Gasteiger partial charge >= 0.3 is 0 Å². The Balaban J connectivity index is 1.53. The standard InChI is InChI=1S/C24H27FN6O2S/c1-3-31(2)34-30-20-7-5-19(25)24(18(20)13-26)33-17-4-6-21-22(12-17)29-23(14-28-21)32-15-16-8-10-27-11-9-16/h4-7,12,14,16,27,30H,3,8-11,15H2,1-2H3. The minimum atomic E-state index is -0.624. The summed E-state index contributed by atoms with van der Waals surface area (Å²) < 4.78 is 31.4. The molecule has 0 saturated carbocycles. The average Bonchev–Trinajstić information content (AvgIpc) is 2.87. The molecule has 2 heterocycles. The van der Waals surface area contributed by atoms with E-state index in [2.05, 4.69) is 20.0 Å². The minimum Gasteiger partial charge on any atom is -0.476 e. The minimum absolute atomic E-state index is 0.0854. The molecule has 0 bridgehead atoms. The topological polar surface area (TPSA) is 95.3 Å². The Morgan fingerprint density at radius 2 is 2.09 bits per heavy atom. The molecule has 1 fully saturated rings. The third-order valence-corrected chi connectivity index (χ3v) is 6.50. The predicted molar refractivity (Wildman–Crippen MR) is 131 cm³/mol. The molecule has 2 aromatic carbocycles. The zero-order valence-electron chi connectivity index (χ0n) is 19.2. The number of nitrogens with zero attached hydrogens (tertiary/aromatic N) is 4. The highest BCUT2D eigenvalue weighted by molar-refractivity contribution is 7.98. The van der Waals surface area contributed by atoms with Gasteiger partial charge in [0, 0.05) is 24.7 Å². The number of benzene rings is 2. The second-order valence-corrected chi connectivity index (χ2v) is 9.02. The summed E-state index contributed by atoms with van der Waals surface area (Å²) in [5, 5.41) is 13.0. The first-order valence-corrected chi connectivity index (χ1v) is 12.0. The van der Waals surface area contributed by atoms with Crippen LogP contribution >= 0.6 is 12.1 Å². The lowest BCUT2D eigenvalue weighted by atomic mass is 9.99. The zero-order chi connectivity index (χ0) is 23.9. The first-order chi connectivity index (χ1) is 16.6. The van der Waals surface area contributed by atoms with E-state index in [1.165, 1.54) is 24.3 Å². The maximum absolute atomic E-state index is 14.6. The summed E-state index contributed by atoms with van der Waals surface area (Å²) in [5.74, 6) is 0.523. The van der Waals surface area contributed by atoms with Crippen molar-refractivity contribution in [2.24, 2.45) is 5.92 Å². The van der Waals surface area contributed by atoms with Crippen LogP contribution in [0.3, 0.4) is 0 Å². The summed E-state index contributed by atoms with van der Waals surface area (Å²) in [6.45, 7) is 5.41. The SMILES string of the molecule is CCN(C)SNc1ccc(F)c(Oc2ccc3ncc(OCC4CCNCC4)nc3c2)c1C#N. The number of halogens is 1. The van der Waals surface area contributed by atoms with Gasteiger partial charge in [0.25, 0.3) is 0 Å². The highest BCUT2D eigenvalue weighted by Crippen LogP contribution is 2.35. The molecule has 3 aromatic rings. The molecule has 1 saturated heterocycles. The molecule has 0 atom stereocenters. The molecule has 0 aliphatic carbocycles. The lowest BCUT2D eigenvalue weighted by Crippen LogP contribution is -2.30. The van der Waals surface area contributed by atoms with Gasteiger partial charge in [-0.3, -0.25) is 0 Å². The van der Waals surface area contributed by atoms with Crippen LogP contribution in [0, 0.1) is 23.1 Å². The van der Waals surface area contributed by atoms with E-state index in [9.17, 15) is 9.65 Å². The molecule has 1 aliphatic heterocycles. The molecule has 178 valence electrons. The molecular formula is C24H27FN6O2S. The van der Waals surface area contributed by atoms with Gasteiger partial charge in [-0.05, 0) is 63.2 Å². The summed E-state index contributed by atoms with van der Waals surface area (Å²) in [6.07, 6.45) is 3.76. The molecule has 0 amide bonds. The Morgan fingerprint density at radius 3 is 2.85 bits per heavy atom. The van der Waals surface area contributed by atoms with Gasteiger partial charge in [0.15, 0.2) is 11.6 Å². The van der Waals surface area contributed by atoms with E-state index in [1.54, 1.807) is 24.4 Å². The normalized spacial score (nSPS) is 14.2. The van der Waals surface area contributed by atoms with Crippen molar-refractivity contribution in [1.29, 1.82) is 5.26 Å². The first-order valence-electron chi connectivity index (χ1n) is 11.2. The van der Waals surface area contributed by atoms with Gasteiger partial charge in [0.05, 0.1) is 29.5 Å².